The van der Waals surface area contributed by atoms with Crippen molar-refractivity contribution in [3.8, 4) is 0 Å². The zero-order valence-corrected chi connectivity index (χ0v) is 17.1. The van der Waals surface area contributed by atoms with Gasteiger partial charge in [0, 0.05) is 45.7 Å². The lowest BCUT2D eigenvalue weighted by Gasteiger charge is -2.30. The van der Waals surface area contributed by atoms with E-state index in [9.17, 15) is 0 Å². The quantitative estimate of drug-likeness (QED) is 0.381. The summed E-state index contributed by atoms with van der Waals surface area (Å²) in [4.78, 5) is 8.87. The second kappa shape index (κ2) is 10.6. The molecule has 0 spiro atoms. The number of nitrogens with one attached hydrogen (secondary N) is 2. The van der Waals surface area contributed by atoms with E-state index in [-0.39, 0.29) is 0 Å². The number of aliphatic imine (C=N–C) groups is 1. The molecule has 148 valence electrons. The van der Waals surface area contributed by atoms with E-state index in [0.717, 1.165) is 44.5 Å². The average Bonchev–Trinajstić information content (AvgIpc) is 3.25. The van der Waals surface area contributed by atoms with Crippen molar-refractivity contribution in [3.05, 3.63) is 18.2 Å². The number of nitrogens with zero attached hydrogens (tertiary/aromatic N) is 3. The normalized spacial score (nSPS) is 17.0. The monoisotopic (exact) mass is 363 g/mol. The molecule has 1 aromatic rings. The van der Waals surface area contributed by atoms with Gasteiger partial charge in [-0.15, -0.1) is 0 Å². The minimum absolute atomic E-state index is 0.350. The van der Waals surface area contributed by atoms with Crippen LogP contribution in [0.2, 0.25) is 0 Å². The zero-order valence-electron chi connectivity index (χ0n) is 17.1. The van der Waals surface area contributed by atoms with Crippen LogP contribution in [0.1, 0.15) is 58.7 Å². The molecule has 0 atom stereocenters. The lowest BCUT2D eigenvalue weighted by Crippen LogP contribution is -2.43. The van der Waals surface area contributed by atoms with E-state index >= 15 is 0 Å². The van der Waals surface area contributed by atoms with Crippen LogP contribution in [0.5, 0.6) is 0 Å². The molecule has 0 bridgehead atoms. The van der Waals surface area contributed by atoms with Crippen LogP contribution < -0.4 is 10.6 Å². The highest BCUT2D eigenvalue weighted by atomic mass is 16.5. The summed E-state index contributed by atoms with van der Waals surface area (Å²) < 4.78 is 7.82. The number of guanidine groups is 1. The number of ether oxygens (including phenoxy) is 1. The van der Waals surface area contributed by atoms with Crippen molar-refractivity contribution in [1.82, 2.24) is 20.2 Å². The second-order valence-electron chi connectivity index (χ2n) is 7.82. The first-order valence-electron chi connectivity index (χ1n) is 10.1. The molecule has 1 heterocycles. The zero-order chi connectivity index (χ0) is 18.8. The Bertz CT molecular complexity index is 546. The molecule has 1 fully saturated rings. The minimum atomic E-state index is 0.350. The van der Waals surface area contributed by atoms with E-state index in [0.29, 0.717) is 17.9 Å². The van der Waals surface area contributed by atoms with Crippen LogP contribution in [0.15, 0.2) is 17.4 Å². The van der Waals surface area contributed by atoms with E-state index in [1.165, 1.54) is 25.7 Å². The fourth-order valence-corrected chi connectivity index (χ4v) is 3.79. The van der Waals surface area contributed by atoms with Crippen molar-refractivity contribution in [2.75, 3.05) is 26.8 Å². The van der Waals surface area contributed by atoms with Gasteiger partial charge in [-0.25, -0.2) is 4.98 Å². The van der Waals surface area contributed by atoms with Crippen LogP contribution in [-0.2, 0) is 17.8 Å². The standard InChI is InChI=1S/C20H37N5O/c1-5-26-13-10-20(8-6-7-9-20)16-24-19(21-4)23-14-18-22-11-12-25(18)15-17(2)3/h11-12,17H,5-10,13-16H2,1-4H3,(H2,21,23,24). The predicted molar refractivity (Wildman–Crippen MR) is 107 cm³/mol. The topological polar surface area (TPSA) is 63.5 Å². The van der Waals surface area contributed by atoms with Crippen molar-refractivity contribution in [3.63, 3.8) is 0 Å². The molecule has 0 unspecified atom stereocenters. The van der Waals surface area contributed by atoms with Crippen LogP contribution in [0.3, 0.4) is 0 Å². The number of aromatic nitrogens is 2. The van der Waals surface area contributed by atoms with Gasteiger partial charge in [-0.3, -0.25) is 4.99 Å². The molecule has 6 nitrogen and oxygen atoms in total. The Kier molecular flexibility index (Phi) is 8.42. The van der Waals surface area contributed by atoms with Crippen molar-refractivity contribution in [2.24, 2.45) is 16.3 Å². The number of rotatable bonds is 10. The van der Waals surface area contributed by atoms with Gasteiger partial charge in [0.1, 0.15) is 5.82 Å². The summed E-state index contributed by atoms with van der Waals surface area (Å²) in [5.41, 5.74) is 0.350. The minimum Gasteiger partial charge on any atom is -0.382 e. The second-order valence-corrected chi connectivity index (χ2v) is 7.82. The summed E-state index contributed by atoms with van der Waals surface area (Å²) in [7, 11) is 1.83. The molecule has 26 heavy (non-hydrogen) atoms. The molecule has 2 rings (SSSR count). The predicted octanol–water partition coefficient (Wildman–Crippen LogP) is 3.19. The Labute approximate surface area is 158 Å². The molecule has 1 aliphatic rings. The van der Waals surface area contributed by atoms with Crippen LogP contribution in [0.25, 0.3) is 0 Å². The molecule has 0 radical (unpaired) electrons. The van der Waals surface area contributed by atoms with Gasteiger partial charge in [0.25, 0.3) is 0 Å². The summed E-state index contributed by atoms with van der Waals surface area (Å²) in [6.45, 7) is 10.8. The molecule has 6 heteroatoms. The Balaban J connectivity index is 1.84. The highest BCUT2D eigenvalue weighted by Crippen LogP contribution is 2.40. The maximum atomic E-state index is 5.61. The molecular weight excluding hydrogens is 326 g/mol. The average molecular weight is 364 g/mol. The molecule has 2 N–H and O–H groups in total. The van der Waals surface area contributed by atoms with Crippen molar-refractivity contribution in [2.45, 2.75) is 66.0 Å². The largest absolute Gasteiger partial charge is 0.382 e. The maximum absolute atomic E-state index is 5.61. The highest BCUT2D eigenvalue weighted by molar-refractivity contribution is 5.79. The lowest BCUT2D eigenvalue weighted by atomic mass is 9.83. The lowest BCUT2D eigenvalue weighted by molar-refractivity contribution is 0.105. The first kappa shape index (κ1) is 20.7. The maximum Gasteiger partial charge on any atom is 0.191 e. The summed E-state index contributed by atoms with van der Waals surface area (Å²) in [5, 5.41) is 6.97. The summed E-state index contributed by atoms with van der Waals surface area (Å²) in [6, 6.07) is 0. The summed E-state index contributed by atoms with van der Waals surface area (Å²) >= 11 is 0. The summed E-state index contributed by atoms with van der Waals surface area (Å²) in [6.07, 6.45) is 10.3. The van der Waals surface area contributed by atoms with Gasteiger partial charge in [0.2, 0.25) is 0 Å². The van der Waals surface area contributed by atoms with E-state index in [4.69, 9.17) is 4.74 Å². The van der Waals surface area contributed by atoms with Gasteiger partial charge >= 0.3 is 0 Å². The van der Waals surface area contributed by atoms with E-state index in [1.807, 2.05) is 13.2 Å². The number of hydrogen-bond acceptors (Lipinski definition) is 3. The summed E-state index contributed by atoms with van der Waals surface area (Å²) in [5.74, 6) is 2.51. The van der Waals surface area contributed by atoms with Crippen LogP contribution in [0, 0.1) is 11.3 Å². The van der Waals surface area contributed by atoms with Gasteiger partial charge in [-0.1, -0.05) is 26.7 Å². The first-order valence-corrected chi connectivity index (χ1v) is 10.1. The van der Waals surface area contributed by atoms with Crippen LogP contribution >= 0.6 is 0 Å². The third-order valence-electron chi connectivity index (χ3n) is 5.28. The molecule has 0 saturated heterocycles. The fraction of sp³-hybridized carbons (Fsp3) is 0.800. The highest BCUT2D eigenvalue weighted by Gasteiger charge is 2.33. The Hall–Kier alpha value is -1.56. The van der Waals surface area contributed by atoms with E-state index in [1.54, 1.807) is 0 Å². The van der Waals surface area contributed by atoms with Crippen LogP contribution in [0.4, 0.5) is 0 Å². The molecule has 0 amide bonds. The Morgan fingerprint density at radius 2 is 2.12 bits per heavy atom. The fourth-order valence-electron chi connectivity index (χ4n) is 3.79. The van der Waals surface area contributed by atoms with Gasteiger partial charge in [-0.2, -0.15) is 0 Å². The molecule has 1 aromatic heterocycles. The molecule has 0 aromatic carbocycles. The number of hydrogen-bond donors (Lipinski definition) is 2. The Morgan fingerprint density at radius 1 is 1.35 bits per heavy atom. The SMILES string of the molecule is CCOCCC1(CNC(=NC)NCc2nccn2CC(C)C)CCCC1. The number of imidazole rings is 1. The van der Waals surface area contributed by atoms with Gasteiger partial charge in [0.05, 0.1) is 6.54 Å². The Morgan fingerprint density at radius 3 is 2.77 bits per heavy atom. The first-order chi connectivity index (χ1) is 12.6. The van der Waals surface area contributed by atoms with Crippen molar-refractivity contribution >= 4 is 5.96 Å². The van der Waals surface area contributed by atoms with E-state index in [2.05, 4.69) is 52.1 Å². The molecule has 1 aliphatic carbocycles. The molecular formula is C20H37N5O. The molecule has 0 aliphatic heterocycles. The third kappa shape index (κ3) is 6.31. The van der Waals surface area contributed by atoms with Crippen molar-refractivity contribution < 1.29 is 4.74 Å². The third-order valence-corrected chi connectivity index (χ3v) is 5.28. The molecule has 1 saturated carbocycles. The van der Waals surface area contributed by atoms with Gasteiger partial charge in [-0.05, 0) is 37.5 Å². The van der Waals surface area contributed by atoms with Gasteiger partial charge < -0.3 is 19.9 Å². The van der Waals surface area contributed by atoms with E-state index < -0.39 is 0 Å². The van der Waals surface area contributed by atoms with Crippen LogP contribution in [-0.4, -0.2) is 42.3 Å². The van der Waals surface area contributed by atoms with Gasteiger partial charge in [0.15, 0.2) is 5.96 Å². The van der Waals surface area contributed by atoms with Crippen molar-refractivity contribution in [1.29, 1.82) is 0 Å². The smallest absolute Gasteiger partial charge is 0.191 e.